The normalized spacial score (nSPS) is 11.4. The van der Waals surface area contributed by atoms with Crippen LogP contribution in [0.1, 0.15) is 0 Å². The second-order valence-corrected chi connectivity index (χ2v) is 4.12. The zero-order valence-corrected chi connectivity index (χ0v) is 9.75. The van der Waals surface area contributed by atoms with Crippen molar-refractivity contribution in [2.45, 2.75) is 5.51 Å². The highest BCUT2D eigenvalue weighted by Crippen LogP contribution is 2.20. The van der Waals surface area contributed by atoms with Crippen molar-refractivity contribution in [3.8, 4) is 5.88 Å². The molecule has 0 aliphatic carbocycles. The highest BCUT2D eigenvalue weighted by molar-refractivity contribution is 7.86. The van der Waals surface area contributed by atoms with E-state index in [0.717, 1.165) is 5.88 Å². The molecule has 17 heavy (non-hydrogen) atoms. The van der Waals surface area contributed by atoms with Gasteiger partial charge in [0, 0.05) is 6.07 Å². The standard InChI is InChI=1S/C7H10NO.CHF3O3S/c1-8-6-4-3-5-7(8)9-2;2-1(3,4)8(5,6)7/h3-6H,1-2H3;(H,5,6,7)/q+1;/p-1. The van der Waals surface area contributed by atoms with Crippen molar-refractivity contribution in [3.63, 3.8) is 0 Å². The Morgan fingerprint density at radius 3 is 2.06 bits per heavy atom. The number of hydrogen-bond donors (Lipinski definition) is 0. The van der Waals surface area contributed by atoms with E-state index in [4.69, 9.17) is 17.7 Å². The van der Waals surface area contributed by atoms with E-state index in [1.165, 1.54) is 0 Å². The molecule has 1 aromatic rings. The lowest BCUT2D eigenvalue weighted by Crippen LogP contribution is -2.28. The molecular formula is C8H10F3NO4S. The first-order valence-corrected chi connectivity index (χ1v) is 5.51. The molecule has 0 aliphatic heterocycles. The number of nitrogens with zero attached hydrogens (tertiary/aromatic N) is 1. The quantitative estimate of drug-likeness (QED) is 0.426. The number of methoxy groups -OCH3 is 1. The molecule has 0 N–H and O–H groups in total. The third-order valence-corrected chi connectivity index (χ3v) is 2.07. The molecule has 0 aromatic carbocycles. The third kappa shape index (κ3) is 5.50. The Bertz CT molecular complexity index is 458. The van der Waals surface area contributed by atoms with Crippen molar-refractivity contribution < 1.29 is 35.4 Å². The Labute approximate surface area is 96.2 Å². The van der Waals surface area contributed by atoms with Crippen molar-refractivity contribution in [2.24, 2.45) is 7.05 Å². The number of rotatable bonds is 1. The van der Waals surface area contributed by atoms with Gasteiger partial charge in [-0.2, -0.15) is 17.7 Å². The van der Waals surface area contributed by atoms with Gasteiger partial charge in [-0.1, -0.05) is 0 Å². The van der Waals surface area contributed by atoms with Crippen molar-refractivity contribution in [3.05, 3.63) is 24.4 Å². The van der Waals surface area contributed by atoms with E-state index in [2.05, 4.69) is 0 Å². The van der Waals surface area contributed by atoms with Gasteiger partial charge < -0.3 is 9.29 Å². The smallest absolute Gasteiger partial charge is 0.485 e. The fraction of sp³-hybridized carbons (Fsp3) is 0.375. The molecular weight excluding hydrogens is 263 g/mol. The summed E-state index contributed by atoms with van der Waals surface area (Å²) < 4.78 is 65.8. The van der Waals surface area contributed by atoms with Crippen molar-refractivity contribution in [2.75, 3.05) is 7.11 Å². The summed E-state index contributed by atoms with van der Waals surface area (Å²) in [5.41, 5.74) is -5.65. The van der Waals surface area contributed by atoms with Crippen LogP contribution < -0.4 is 9.30 Å². The molecule has 0 saturated heterocycles. The summed E-state index contributed by atoms with van der Waals surface area (Å²) >= 11 is 0. The van der Waals surface area contributed by atoms with Crippen molar-refractivity contribution in [1.82, 2.24) is 0 Å². The molecule has 0 atom stereocenters. The molecule has 1 heterocycles. The molecule has 0 spiro atoms. The molecule has 9 heteroatoms. The van der Waals surface area contributed by atoms with Crippen LogP contribution >= 0.6 is 0 Å². The molecule has 0 radical (unpaired) electrons. The second-order valence-electron chi connectivity index (χ2n) is 2.75. The maximum absolute atomic E-state index is 10.7. The van der Waals surface area contributed by atoms with Gasteiger partial charge in [0.05, 0.1) is 13.2 Å². The number of aromatic nitrogens is 1. The first-order chi connectivity index (χ1) is 7.59. The van der Waals surface area contributed by atoms with Gasteiger partial charge in [-0.3, -0.25) is 0 Å². The van der Waals surface area contributed by atoms with Crippen molar-refractivity contribution in [1.29, 1.82) is 0 Å². The molecule has 98 valence electrons. The van der Waals surface area contributed by atoms with Gasteiger partial charge in [-0.25, -0.2) is 8.42 Å². The molecule has 0 saturated carbocycles. The molecule has 1 rings (SSSR count). The van der Waals surface area contributed by atoms with Crippen LogP contribution in [0, 0.1) is 0 Å². The monoisotopic (exact) mass is 273 g/mol. The van der Waals surface area contributed by atoms with Crippen LogP contribution in [0.5, 0.6) is 5.88 Å². The maximum atomic E-state index is 10.7. The number of aryl methyl sites for hydroxylation is 1. The van der Waals surface area contributed by atoms with Gasteiger partial charge >= 0.3 is 11.4 Å². The first kappa shape index (κ1) is 15.7. The van der Waals surface area contributed by atoms with E-state index in [9.17, 15) is 13.2 Å². The Morgan fingerprint density at radius 1 is 1.35 bits per heavy atom. The predicted molar refractivity (Wildman–Crippen MR) is 49.9 cm³/mol. The number of ether oxygens (including phenoxy) is 1. The summed E-state index contributed by atoms with van der Waals surface area (Å²) in [5, 5.41) is 0. The Morgan fingerprint density at radius 2 is 1.82 bits per heavy atom. The van der Waals surface area contributed by atoms with Gasteiger partial charge in [0.2, 0.25) is 0 Å². The highest BCUT2D eigenvalue weighted by Gasteiger charge is 2.36. The van der Waals surface area contributed by atoms with Crippen LogP contribution in [0.4, 0.5) is 13.2 Å². The lowest BCUT2D eigenvalue weighted by molar-refractivity contribution is -0.676. The van der Waals surface area contributed by atoms with Gasteiger partial charge in [0.25, 0.3) is 0 Å². The zero-order chi connectivity index (χ0) is 13.7. The minimum atomic E-state index is -6.09. The van der Waals surface area contributed by atoms with Gasteiger partial charge in [0.1, 0.15) is 7.05 Å². The maximum Gasteiger partial charge on any atom is 0.485 e. The molecule has 0 amide bonds. The fourth-order valence-electron chi connectivity index (χ4n) is 0.720. The summed E-state index contributed by atoms with van der Waals surface area (Å²) in [4.78, 5) is 0. The minimum Gasteiger partial charge on any atom is -0.741 e. The average molecular weight is 273 g/mol. The topological polar surface area (TPSA) is 70.3 Å². The van der Waals surface area contributed by atoms with Gasteiger partial charge in [0.15, 0.2) is 16.3 Å². The number of alkyl halides is 3. The van der Waals surface area contributed by atoms with Crippen LogP contribution in [0.2, 0.25) is 0 Å². The summed E-state index contributed by atoms with van der Waals surface area (Å²) in [7, 11) is -2.48. The van der Waals surface area contributed by atoms with E-state index in [1.807, 2.05) is 36.0 Å². The molecule has 1 aromatic heterocycles. The minimum absolute atomic E-state index is 0.873. The number of pyridine rings is 1. The van der Waals surface area contributed by atoms with Gasteiger partial charge in [-0.05, 0) is 6.07 Å². The van der Waals surface area contributed by atoms with Crippen molar-refractivity contribution >= 4 is 10.1 Å². The second kappa shape index (κ2) is 5.82. The highest BCUT2D eigenvalue weighted by atomic mass is 32.2. The Hall–Kier alpha value is -1.35. The molecule has 0 aliphatic rings. The average Bonchev–Trinajstić information content (AvgIpc) is 2.16. The van der Waals surface area contributed by atoms with Crippen LogP contribution in [0.15, 0.2) is 24.4 Å². The zero-order valence-electron chi connectivity index (χ0n) is 8.93. The van der Waals surface area contributed by atoms with E-state index < -0.39 is 15.6 Å². The van der Waals surface area contributed by atoms with E-state index in [-0.39, 0.29) is 0 Å². The largest absolute Gasteiger partial charge is 0.741 e. The lowest BCUT2D eigenvalue weighted by atomic mass is 10.5. The fourth-order valence-corrected chi connectivity index (χ4v) is 0.720. The molecule has 0 fully saturated rings. The molecule has 0 bridgehead atoms. The van der Waals surface area contributed by atoms with Crippen LogP contribution in [-0.4, -0.2) is 25.6 Å². The third-order valence-electron chi connectivity index (χ3n) is 1.50. The molecule has 0 unspecified atom stereocenters. The number of hydrogen-bond acceptors (Lipinski definition) is 4. The van der Waals surface area contributed by atoms with Gasteiger partial charge in [-0.15, -0.1) is 0 Å². The van der Waals surface area contributed by atoms with E-state index in [0.29, 0.717) is 0 Å². The first-order valence-electron chi connectivity index (χ1n) is 4.10. The number of halogens is 3. The lowest BCUT2D eigenvalue weighted by Gasteiger charge is -2.08. The SMILES string of the molecule is COc1cccc[n+]1C.O=S(=O)([O-])C(F)(F)F. The Balaban J connectivity index is 0.000000304. The van der Waals surface area contributed by atoms with E-state index in [1.54, 1.807) is 7.11 Å². The predicted octanol–water partition coefficient (Wildman–Crippen LogP) is 0.571. The van der Waals surface area contributed by atoms with Crippen LogP contribution in [0.3, 0.4) is 0 Å². The summed E-state index contributed by atoms with van der Waals surface area (Å²) in [6, 6.07) is 5.82. The summed E-state index contributed by atoms with van der Waals surface area (Å²) in [6.45, 7) is 0. The summed E-state index contributed by atoms with van der Waals surface area (Å²) in [6.07, 6.45) is 1.94. The summed E-state index contributed by atoms with van der Waals surface area (Å²) in [5.74, 6) is 0.873. The van der Waals surface area contributed by atoms with Crippen LogP contribution in [0.25, 0.3) is 0 Å². The Kier molecular flexibility index (Phi) is 5.36. The van der Waals surface area contributed by atoms with E-state index >= 15 is 0 Å². The van der Waals surface area contributed by atoms with Crippen LogP contribution in [-0.2, 0) is 17.2 Å². The molecule has 5 nitrogen and oxygen atoms in total.